The third-order valence-electron chi connectivity index (χ3n) is 3.90. The van der Waals surface area contributed by atoms with E-state index < -0.39 is 0 Å². The summed E-state index contributed by atoms with van der Waals surface area (Å²) in [4.78, 5) is 2.67. The zero-order valence-corrected chi connectivity index (χ0v) is 10.0. The number of piperazine rings is 1. The Morgan fingerprint density at radius 3 is 2.62 bits per heavy atom. The van der Waals surface area contributed by atoms with Gasteiger partial charge in [-0.3, -0.25) is 4.90 Å². The maximum absolute atomic E-state index is 3.44. The number of nitrogens with one attached hydrogen (secondary N) is 1. The first-order chi connectivity index (χ1) is 7.86. The molecule has 88 valence electrons. The zero-order chi connectivity index (χ0) is 11.0. The molecule has 0 amide bonds. The summed E-state index contributed by atoms with van der Waals surface area (Å²) in [5, 5.41) is 3.44. The average Bonchev–Trinajstić information content (AvgIpc) is 3.05. The second-order valence-corrected chi connectivity index (χ2v) is 5.11. The highest BCUT2D eigenvalue weighted by atomic mass is 15.2. The normalized spacial score (nSPS) is 24.6. The summed E-state index contributed by atoms with van der Waals surface area (Å²) >= 11 is 0. The van der Waals surface area contributed by atoms with Gasteiger partial charge in [0.1, 0.15) is 0 Å². The van der Waals surface area contributed by atoms with Crippen molar-refractivity contribution in [1.82, 2.24) is 14.8 Å². The molecular weight excluding hydrogens is 198 g/mol. The van der Waals surface area contributed by atoms with Crippen molar-refractivity contribution in [2.75, 3.05) is 26.2 Å². The minimum atomic E-state index is 0.669. The van der Waals surface area contributed by atoms with Gasteiger partial charge in [-0.15, -0.1) is 0 Å². The molecule has 2 fully saturated rings. The van der Waals surface area contributed by atoms with Crippen molar-refractivity contribution in [2.24, 2.45) is 13.0 Å². The number of hydrogen-bond donors (Lipinski definition) is 1. The van der Waals surface area contributed by atoms with E-state index in [1.165, 1.54) is 31.6 Å². The summed E-state index contributed by atoms with van der Waals surface area (Å²) in [6.45, 7) is 4.69. The van der Waals surface area contributed by atoms with Crippen LogP contribution in [0.5, 0.6) is 0 Å². The van der Waals surface area contributed by atoms with E-state index >= 15 is 0 Å². The summed E-state index contributed by atoms with van der Waals surface area (Å²) in [5.74, 6) is 0.909. The van der Waals surface area contributed by atoms with Gasteiger partial charge >= 0.3 is 0 Å². The largest absolute Gasteiger partial charge is 0.353 e. The number of rotatable bonds is 3. The van der Waals surface area contributed by atoms with Crippen LogP contribution in [0.4, 0.5) is 0 Å². The Morgan fingerprint density at radius 1 is 1.31 bits per heavy atom. The maximum Gasteiger partial charge on any atom is 0.0529 e. The smallest absolute Gasteiger partial charge is 0.0529 e. The lowest BCUT2D eigenvalue weighted by atomic mass is 10.1. The first kappa shape index (κ1) is 10.4. The monoisotopic (exact) mass is 219 g/mol. The summed E-state index contributed by atoms with van der Waals surface area (Å²) in [5.41, 5.74) is 1.50. The van der Waals surface area contributed by atoms with Crippen LogP contribution in [-0.4, -0.2) is 35.6 Å². The van der Waals surface area contributed by atoms with Gasteiger partial charge in [-0.1, -0.05) is 0 Å². The quantitative estimate of drug-likeness (QED) is 0.829. The second kappa shape index (κ2) is 4.22. The van der Waals surface area contributed by atoms with E-state index in [-0.39, 0.29) is 0 Å². The maximum atomic E-state index is 3.44. The predicted molar refractivity (Wildman–Crippen MR) is 65.3 cm³/mol. The van der Waals surface area contributed by atoms with Crippen LogP contribution in [-0.2, 0) is 7.05 Å². The number of aromatic nitrogens is 1. The Bertz CT molecular complexity index is 348. The first-order valence-electron chi connectivity index (χ1n) is 6.42. The Hall–Kier alpha value is -0.800. The minimum Gasteiger partial charge on any atom is -0.353 e. The fraction of sp³-hybridized carbons (Fsp3) is 0.692. The Balaban J connectivity index is 1.83. The Morgan fingerprint density at radius 2 is 2.06 bits per heavy atom. The van der Waals surface area contributed by atoms with Crippen molar-refractivity contribution in [2.45, 2.75) is 18.9 Å². The summed E-state index contributed by atoms with van der Waals surface area (Å²) in [6.07, 6.45) is 5.01. The molecule has 1 aromatic rings. The van der Waals surface area contributed by atoms with E-state index in [0.717, 1.165) is 19.0 Å². The highest BCUT2D eigenvalue weighted by Crippen LogP contribution is 2.44. The van der Waals surface area contributed by atoms with Gasteiger partial charge in [-0.2, -0.15) is 0 Å². The van der Waals surface area contributed by atoms with Gasteiger partial charge < -0.3 is 9.88 Å². The molecule has 0 unspecified atom stereocenters. The molecule has 1 saturated heterocycles. The van der Waals surface area contributed by atoms with Crippen LogP contribution in [0, 0.1) is 5.92 Å². The van der Waals surface area contributed by atoms with E-state index in [1.54, 1.807) is 0 Å². The van der Waals surface area contributed by atoms with Crippen molar-refractivity contribution in [1.29, 1.82) is 0 Å². The van der Waals surface area contributed by atoms with Crippen molar-refractivity contribution < 1.29 is 0 Å². The van der Waals surface area contributed by atoms with Crippen LogP contribution >= 0.6 is 0 Å². The van der Waals surface area contributed by atoms with Crippen LogP contribution in [0.3, 0.4) is 0 Å². The second-order valence-electron chi connectivity index (χ2n) is 5.11. The molecule has 3 heteroatoms. The lowest BCUT2D eigenvalue weighted by Crippen LogP contribution is -2.46. The molecule has 1 atom stereocenters. The number of nitrogens with zero attached hydrogens (tertiary/aromatic N) is 2. The van der Waals surface area contributed by atoms with Crippen molar-refractivity contribution in [3.63, 3.8) is 0 Å². The van der Waals surface area contributed by atoms with Gasteiger partial charge in [0.2, 0.25) is 0 Å². The van der Waals surface area contributed by atoms with Gasteiger partial charge in [0, 0.05) is 45.1 Å². The van der Waals surface area contributed by atoms with Crippen LogP contribution in [0.15, 0.2) is 18.3 Å². The lowest BCUT2D eigenvalue weighted by Gasteiger charge is -2.35. The van der Waals surface area contributed by atoms with Crippen molar-refractivity contribution in [3.05, 3.63) is 24.0 Å². The predicted octanol–water partition coefficient (Wildman–Crippen LogP) is 1.38. The summed E-state index contributed by atoms with van der Waals surface area (Å²) < 4.78 is 2.30. The molecule has 1 aromatic heterocycles. The van der Waals surface area contributed by atoms with E-state index in [0.29, 0.717) is 6.04 Å². The van der Waals surface area contributed by atoms with E-state index in [1.807, 2.05) is 0 Å². The van der Waals surface area contributed by atoms with Gasteiger partial charge in [0.15, 0.2) is 0 Å². The molecule has 1 N–H and O–H groups in total. The Kier molecular flexibility index (Phi) is 2.74. The van der Waals surface area contributed by atoms with Gasteiger partial charge in [-0.25, -0.2) is 0 Å². The molecule has 1 saturated carbocycles. The van der Waals surface area contributed by atoms with Crippen LogP contribution in [0.2, 0.25) is 0 Å². The molecule has 0 spiro atoms. The van der Waals surface area contributed by atoms with E-state index in [9.17, 15) is 0 Å². The highest BCUT2D eigenvalue weighted by molar-refractivity contribution is 5.15. The molecule has 2 heterocycles. The fourth-order valence-corrected chi connectivity index (χ4v) is 2.88. The SMILES string of the molecule is Cn1cccc1[C@H](C1CC1)N1CCNCC1. The summed E-state index contributed by atoms with van der Waals surface area (Å²) in [7, 11) is 2.17. The minimum absolute atomic E-state index is 0.669. The van der Waals surface area contributed by atoms with Crippen LogP contribution in [0.25, 0.3) is 0 Å². The van der Waals surface area contributed by atoms with Crippen molar-refractivity contribution in [3.8, 4) is 0 Å². The number of hydrogen-bond acceptors (Lipinski definition) is 2. The molecule has 2 aliphatic rings. The Labute approximate surface area is 97.4 Å². The van der Waals surface area contributed by atoms with Crippen molar-refractivity contribution >= 4 is 0 Å². The fourth-order valence-electron chi connectivity index (χ4n) is 2.88. The molecule has 1 aliphatic carbocycles. The molecule has 16 heavy (non-hydrogen) atoms. The van der Waals surface area contributed by atoms with Crippen LogP contribution < -0.4 is 5.32 Å². The molecule has 0 bridgehead atoms. The third-order valence-corrected chi connectivity index (χ3v) is 3.90. The van der Waals surface area contributed by atoms with Gasteiger partial charge in [-0.05, 0) is 30.9 Å². The third kappa shape index (κ3) is 1.89. The molecule has 3 rings (SSSR count). The van der Waals surface area contributed by atoms with Gasteiger partial charge in [0.25, 0.3) is 0 Å². The van der Waals surface area contributed by atoms with E-state index in [4.69, 9.17) is 0 Å². The van der Waals surface area contributed by atoms with E-state index in [2.05, 4.69) is 40.2 Å². The topological polar surface area (TPSA) is 20.2 Å². The zero-order valence-electron chi connectivity index (χ0n) is 10.0. The standard InChI is InChI=1S/C13H21N3/c1-15-8-2-3-12(15)13(11-4-5-11)16-9-6-14-7-10-16/h2-3,8,11,13-14H,4-7,9-10H2,1H3/t13-/m0/s1. The van der Waals surface area contributed by atoms with Crippen LogP contribution in [0.1, 0.15) is 24.6 Å². The van der Waals surface area contributed by atoms with Gasteiger partial charge in [0.05, 0.1) is 6.04 Å². The molecular formula is C13H21N3. The summed E-state index contributed by atoms with van der Waals surface area (Å²) in [6, 6.07) is 5.14. The lowest BCUT2D eigenvalue weighted by molar-refractivity contribution is 0.150. The average molecular weight is 219 g/mol. The highest BCUT2D eigenvalue weighted by Gasteiger charge is 2.37. The number of aryl methyl sites for hydroxylation is 1. The first-order valence-corrected chi connectivity index (χ1v) is 6.42. The molecule has 1 aliphatic heterocycles. The molecule has 0 radical (unpaired) electrons. The molecule has 3 nitrogen and oxygen atoms in total. The molecule has 0 aromatic carbocycles.